The summed E-state index contributed by atoms with van der Waals surface area (Å²) in [6.45, 7) is 23.9. The third-order valence-electron chi connectivity index (χ3n) is 6.07. The first-order valence-electron chi connectivity index (χ1n) is 10.4. The molecule has 0 amide bonds. The topological polar surface area (TPSA) is 0 Å². The van der Waals surface area contributed by atoms with Gasteiger partial charge >= 0.3 is 185 Å². The molecule has 0 saturated carbocycles. The summed E-state index contributed by atoms with van der Waals surface area (Å²) in [4.78, 5) is 0. The van der Waals surface area contributed by atoms with E-state index in [4.69, 9.17) is 0 Å². The predicted octanol–water partition coefficient (Wildman–Crippen LogP) is 2.01. The molecule has 0 saturated heterocycles. The van der Waals surface area contributed by atoms with Gasteiger partial charge in [0.2, 0.25) is 0 Å². The molecule has 0 radical (unpaired) electrons. The van der Waals surface area contributed by atoms with Crippen molar-refractivity contribution < 1.29 is 45.2 Å². The Labute approximate surface area is 209 Å². The van der Waals surface area contributed by atoms with E-state index in [-0.39, 0.29) is 45.8 Å². The van der Waals surface area contributed by atoms with Crippen LogP contribution in [0.25, 0.3) is 0 Å². The van der Waals surface area contributed by atoms with Crippen LogP contribution in [0, 0.1) is 16.2 Å². The summed E-state index contributed by atoms with van der Waals surface area (Å²) >= 11 is 4.51. The number of allylic oxidation sites excluding steroid dienone is 7. The monoisotopic (exact) mass is 489 g/mol. The van der Waals surface area contributed by atoms with Crippen LogP contribution in [0.3, 0.4) is 0 Å². The summed E-state index contributed by atoms with van der Waals surface area (Å²) in [6, 6.07) is 0. The van der Waals surface area contributed by atoms with Crippen LogP contribution in [0.1, 0.15) is 82.1 Å². The fraction of sp³-hybridized carbons (Fsp3) is 0.680. The molecule has 163 valence electrons. The Morgan fingerprint density at radius 1 is 0.966 bits per heavy atom. The minimum atomic E-state index is 0. The molecule has 0 aromatic carbocycles. The van der Waals surface area contributed by atoms with Gasteiger partial charge < -0.3 is 24.8 Å². The molecule has 0 aromatic rings. The first kappa shape index (κ1) is 29.6. The van der Waals surface area contributed by atoms with E-state index in [2.05, 4.69) is 126 Å². The summed E-state index contributed by atoms with van der Waals surface area (Å²) in [7, 11) is 0. The van der Waals surface area contributed by atoms with Crippen molar-refractivity contribution in [3.05, 3.63) is 44.9 Å². The van der Waals surface area contributed by atoms with Gasteiger partial charge in [-0.2, -0.15) is 0 Å². The van der Waals surface area contributed by atoms with Crippen LogP contribution in [0.4, 0.5) is 0 Å². The van der Waals surface area contributed by atoms with Gasteiger partial charge in [0.15, 0.2) is 0 Å². The van der Waals surface area contributed by atoms with Crippen molar-refractivity contribution in [3.8, 4) is 0 Å². The first-order valence-corrected chi connectivity index (χ1v) is 12.0. The fourth-order valence-electron chi connectivity index (χ4n) is 4.60. The second-order valence-corrected chi connectivity index (χ2v) is 13.9. The Hall–Kier alpha value is 0.604. The van der Waals surface area contributed by atoms with Crippen molar-refractivity contribution in [1.82, 2.24) is 0 Å². The number of thioether (sulfide) groups is 1. The van der Waals surface area contributed by atoms with Crippen molar-refractivity contribution >= 4 is 11.8 Å². The third kappa shape index (κ3) is 5.89. The van der Waals surface area contributed by atoms with Crippen LogP contribution in [-0.4, -0.2) is 10.00 Å². The van der Waals surface area contributed by atoms with Crippen LogP contribution >= 0.6 is 11.8 Å². The number of hydrogen-bond acceptors (Lipinski definition) is 1. The molecule has 0 heterocycles. The predicted molar refractivity (Wildman–Crippen MR) is 120 cm³/mol. The summed E-state index contributed by atoms with van der Waals surface area (Å²) in [5.41, 5.74) is 5.08. The summed E-state index contributed by atoms with van der Waals surface area (Å²) in [6.07, 6.45) is 12.1. The maximum absolute atomic E-state index is 2.56. The van der Waals surface area contributed by atoms with Crippen molar-refractivity contribution in [3.63, 3.8) is 0 Å². The molecule has 1 unspecified atom stereocenters. The minimum Gasteiger partial charge on any atom is -1.00 e. The molecular weight excluding hydrogens is 451 g/mol. The van der Waals surface area contributed by atoms with Gasteiger partial charge in [-0.25, -0.2) is 0 Å². The molecule has 1 atom stereocenters. The Bertz CT molecular complexity index is 712. The van der Waals surface area contributed by atoms with Crippen molar-refractivity contribution in [2.75, 3.05) is 0 Å². The Balaban J connectivity index is 0.00000392. The van der Waals surface area contributed by atoms with Gasteiger partial charge in [0.1, 0.15) is 0 Å². The average molecular weight is 490 g/mol. The van der Waals surface area contributed by atoms with Gasteiger partial charge in [0.25, 0.3) is 0 Å². The Morgan fingerprint density at radius 3 is 1.90 bits per heavy atom. The zero-order valence-corrected chi connectivity index (χ0v) is 23.9. The second-order valence-electron chi connectivity index (χ2n) is 11.0. The van der Waals surface area contributed by atoms with Crippen LogP contribution in [0.15, 0.2) is 44.9 Å². The molecule has 0 aromatic heterocycles. The smallest absolute Gasteiger partial charge is 1.00 e. The van der Waals surface area contributed by atoms with Crippen molar-refractivity contribution in [2.24, 2.45) is 16.2 Å². The molecule has 0 spiro atoms. The Kier molecular flexibility index (Phi) is 10.2. The summed E-state index contributed by atoms with van der Waals surface area (Å²) < 4.78 is 1.63. The van der Waals surface area contributed by atoms with Gasteiger partial charge in [0.05, 0.1) is 0 Å². The van der Waals surface area contributed by atoms with E-state index < -0.39 is 0 Å². The average Bonchev–Trinajstić information content (AvgIpc) is 2.91. The molecule has 0 nitrogen and oxygen atoms in total. The minimum absolute atomic E-state index is 0. The van der Waals surface area contributed by atoms with Crippen molar-refractivity contribution in [1.29, 1.82) is 0 Å². The maximum atomic E-state index is 2.56. The normalized spacial score (nSPS) is 22.9. The second kappa shape index (κ2) is 10.0. The maximum Gasteiger partial charge on any atom is -1.00 e. The first-order chi connectivity index (χ1) is 12.1. The van der Waals surface area contributed by atoms with Gasteiger partial charge in [-0.15, -0.1) is 0 Å². The van der Waals surface area contributed by atoms with Crippen LogP contribution in [0.2, 0.25) is 0 Å². The van der Waals surface area contributed by atoms with E-state index in [1.165, 1.54) is 5.57 Å². The zero-order chi connectivity index (χ0) is 20.8. The standard InChI is InChI=1S/C25H39S.2ClH.Ti/c1-18(2)26-25(24(9,10)19-13-11-12-14-19)16-15-20(22(3,4)5)17-21(25)23(6,7)8;;;/h11,13,15,17-18H,12,16H2,1-10H3;2*1H;/q;;;+2/p-2. The molecule has 29 heavy (non-hydrogen) atoms. The molecule has 0 N–H and O–H groups in total. The van der Waals surface area contributed by atoms with Crippen LogP contribution in [0.5, 0.6) is 0 Å². The van der Waals surface area contributed by atoms with E-state index in [1.807, 2.05) is 0 Å². The van der Waals surface area contributed by atoms with Gasteiger partial charge in [-0.1, -0.05) is 0 Å². The van der Waals surface area contributed by atoms with E-state index in [0.29, 0.717) is 5.25 Å². The molecule has 2 aliphatic carbocycles. The Morgan fingerprint density at radius 2 is 1.52 bits per heavy atom. The molecular formula is C25H39Cl2STi. The number of rotatable bonds is 4. The number of hydrogen-bond donors (Lipinski definition) is 0. The van der Waals surface area contributed by atoms with E-state index in [1.54, 1.807) is 15.0 Å². The van der Waals surface area contributed by atoms with Crippen LogP contribution < -0.4 is 24.8 Å². The summed E-state index contributed by atoms with van der Waals surface area (Å²) in [5, 5.41) is 0.589. The SMILES string of the molecule is CC(C)SC1(C(C)(C)C2=[C]([Ti+2])CC=C2)CC=C(C(C)(C)C)C=C1C(C)(C)C.[Cl-].[Cl-]. The van der Waals surface area contributed by atoms with Crippen molar-refractivity contribution in [2.45, 2.75) is 92.1 Å². The molecule has 4 heteroatoms. The molecule has 2 aliphatic rings. The van der Waals surface area contributed by atoms with E-state index >= 15 is 0 Å². The van der Waals surface area contributed by atoms with E-state index in [0.717, 1.165) is 12.8 Å². The quantitative estimate of drug-likeness (QED) is 0.544. The van der Waals surface area contributed by atoms with Crippen LogP contribution in [-0.2, 0) is 20.4 Å². The molecule has 0 fully saturated rings. The third-order valence-corrected chi connectivity index (χ3v) is 8.58. The molecule has 0 bridgehead atoms. The molecule has 2 rings (SSSR count). The van der Waals surface area contributed by atoms with Gasteiger partial charge in [-0.05, 0) is 0 Å². The fourth-order valence-corrected chi connectivity index (χ4v) is 7.28. The summed E-state index contributed by atoms with van der Waals surface area (Å²) in [5.74, 6) is 0. The zero-order valence-electron chi connectivity index (χ0n) is 20.0. The molecule has 0 aliphatic heterocycles. The largest absolute Gasteiger partial charge is 1.00 e. The van der Waals surface area contributed by atoms with Gasteiger partial charge in [-0.3, -0.25) is 0 Å². The number of halogens is 2. The van der Waals surface area contributed by atoms with Gasteiger partial charge in [0, 0.05) is 0 Å². The van der Waals surface area contributed by atoms with E-state index in [9.17, 15) is 0 Å².